The van der Waals surface area contributed by atoms with E-state index in [0.29, 0.717) is 22.8 Å². The molecule has 0 unspecified atom stereocenters. The topological polar surface area (TPSA) is 20.3 Å². The molecule has 3 rings (SSSR count). The normalized spacial score (nSPS) is 21.5. The second kappa shape index (κ2) is 8.43. The van der Waals surface area contributed by atoms with E-state index in [-0.39, 0.29) is 11.6 Å². The van der Waals surface area contributed by atoms with Crippen LogP contribution in [0, 0.1) is 22.6 Å². The van der Waals surface area contributed by atoms with Crippen LogP contribution in [0.25, 0.3) is 0 Å². The number of carbonyl (C=O) groups excluding carboxylic acids is 1. The fourth-order valence-corrected chi connectivity index (χ4v) is 5.09. The van der Waals surface area contributed by atoms with Gasteiger partial charge in [0, 0.05) is 12.0 Å². The van der Waals surface area contributed by atoms with Gasteiger partial charge in [-0.15, -0.1) is 0 Å². The molecule has 0 bridgehead atoms. The van der Waals surface area contributed by atoms with Crippen molar-refractivity contribution in [3.8, 4) is 0 Å². The summed E-state index contributed by atoms with van der Waals surface area (Å²) in [5.41, 5.74) is 1.69. The third-order valence-corrected chi connectivity index (χ3v) is 7.23. The van der Waals surface area contributed by atoms with Crippen molar-refractivity contribution < 1.29 is 9.18 Å². The Balaban J connectivity index is 1.38. The molecule has 2 nitrogen and oxygen atoms in total. The summed E-state index contributed by atoms with van der Waals surface area (Å²) in [6.45, 7) is 10.6. The fourth-order valence-electron chi connectivity index (χ4n) is 5.09. The number of benzene rings is 1. The van der Waals surface area contributed by atoms with Gasteiger partial charge in [0.15, 0.2) is 5.78 Å². The van der Waals surface area contributed by atoms with Crippen molar-refractivity contribution in [2.24, 2.45) is 16.7 Å². The van der Waals surface area contributed by atoms with Gasteiger partial charge in [-0.2, -0.15) is 0 Å². The maximum atomic E-state index is 13.0. The van der Waals surface area contributed by atoms with Gasteiger partial charge in [-0.05, 0) is 106 Å². The van der Waals surface area contributed by atoms with Crippen molar-refractivity contribution >= 4 is 5.78 Å². The zero-order valence-corrected chi connectivity index (χ0v) is 17.4. The molecule has 1 spiro atoms. The summed E-state index contributed by atoms with van der Waals surface area (Å²) >= 11 is 0. The molecule has 0 amide bonds. The number of ketones is 1. The first-order valence-corrected chi connectivity index (χ1v) is 10.8. The average molecular weight is 374 g/mol. The van der Waals surface area contributed by atoms with Crippen LogP contribution in [0.15, 0.2) is 24.3 Å². The summed E-state index contributed by atoms with van der Waals surface area (Å²) in [6, 6.07) is 5.92. The summed E-state index contributed by atoms with van der Waals surface area (Å²) in [5, 5.41) is 0. The Morgan fingerprint density at radius 3 is 2.22 bits per heavy atom. The molecule has 1 aromatic rings. The highest BCUT2D eigenvalue weighted by Crippen LogP contribution is 2.50. The average Bonchev–Trinajstić information content (AvgIpc) is 2.64. The lowest BCUT2D eigenvalue weighted by atomic mass is 9.61. The zero-order chi connectivity index (χ0) is 19.5. The molecule has 1 aliphatic carbocycles. The van der Waals surface area contributed by atoms with Crippen LogP contribution in [0.3, 0.4) is 0 Å². The van der Waals surface area contributed by atoms with Gasteiger partial charge in [0.05, 0.1) is 0 Å². The quantitative estimate of drug-likeness (QED) is 0.581. The Kier molecular flexibility index (Phi) is 6.40. The predicted octanol–water partition coefficient (Wildman–Crippen LogP) is 6.11. The number of hydrogen-bond donors (Lipinski definition) is 0. The van der Waals surface area contributed by atoms with Gasteiger partial charge in [-0.3, -0.25) is 4.79 Å². The number of piperidine rings is 1. The summed E-state index contributed by atoms with van der Waals surface area (Å²) in [7, 11) is 0. The van der Waals surface area contributed by atoms with Gasteiger partial charge in [-0.25, -0.2) is 4.39 Å². The van der Waals surface area contributed by atoms with Gasteiger partial charge >= 0.3 is 0 Å². The van der Waals surface area contributed by atoms with E-state index >= 15 is 0 Å². The molecule has 1 saturated heterocycles. The van der Waals surface area contributed by atoms with E-state index < -0.39 is 0 Å². The van der Waals surface area contributed by atoms with Crippen molar-refractivity contribution in [2.45, 2.75) is 72.1 Å². The minimum absolute atomic E-state index is 0.129. The predicted molar refractivity (Wildman–Crippen MR) is 109 cm³/mol. The molecule has 1 saturated carbocycles. The van der Waals surface area contributed by atoms with Crippen LogP contribution in [0.1, 0.15) is 82.5 Å². The van der Waals surface area contributed by atoms with Crippen LogP contribution in [0.5, 0.6) is 0 Å². The van der Waals surface area contributed by atoms with Gasteiger partial charge in [0.1, 0.15) is 5.82 Å². The number of nitrogens with zero attached hydrogens (tertiary/aromatic N) is 1. The molecule has 27 heavy (non-hydrogen) atoms. The molecule has 0 N–H and O–H groups in total. The number of Topliss-reactive ketones (excluding diaryl/α,β-unsaturated/α-hetero) is 1. The molecule has 2 aliphatic rings. The zero-order valence-electron chi connectivity index (χ0n) is 17.4. The van der Waals surface area contributed by atoms with Gasteiger partial charge in [0.2, 0.25) is 0 Å². The highest BCUT2D eigenvalue weighted by atomic mass is 19.1. The van der Waals surface area contributed by atoms with E-state index in [0.717, 1.165) is 18.9 Å². The SMILES string of the molecule is CC(C)(C)C1CCC2(CC1)CCN(CCCC(=O)c1ccc(F)cc1)CC2. The summed E-state index contributed by atoms with van der Waals surface area (Å²) in [4.78, 5) is 14.8. The molecule has 1 aromatic carbocycles. The van der Waals surface area contributed by atoms with Crippen LogP contribution in [-0.4, -0.2) is 30.3 Å². The Morgan fingerprint density at radius 1 is 1.07 bits per heavy atom. The summed E-state index contributed by atoms with van der Waals surface area (Å²) in [6.07, 6.45) is 9.73. The van der Waals surface area contributed by atoms with Gasteiger partial charge < -0.3 is 4.90 Å². The van der Waals surface area contributed by atoms with E-state index in [1.807, 2.05) is 0 Å². The van der Waals surface area contributed by atoms with Crippen molar-refractivity contribution in [1.82, 2.24) is 4.90 Å². The highest BCUT2D eigenvalue weighted by Gasteiger charge is 2.40. The van der Waals surface area contributed by atoms with E-state index in [4.69, 9.17) is 0 Å². The Hall–Kier alpha value is -1.22. The Morgan fingerprint density at radius 2 is 1.67 bits per heavy atom. The van der Waals surface area contributed by atoms with E-state index in [1.54, 1.807) is 12.1 Å². The first kappa shape index (κ1) is 20.5. The highest BCUT2D eigenvalue weighted by molar-refractivity contribution is 5.95. The molecule has 1 aliphatic heterocycles. The lowest BCUT2D eigenvalue weighted by Crippen LogP contribution is -2.43. The van der Waals surface area contributed by atoms with Crippen LogP contribution < -0.4 is 0 Å². The maximum absolute atomic E-state index is 13.0. The molecule has 0 aromatic heterocycles. The third kappa shape index (κ3) is 5.40. The number of halogens is 1. The lowest BCUT2D eigenvalue weighted by Gasteiger charge is -2.48. The first-order chi connectivity index (χ1) is 12.8. The minimum atomic E-state index is -0.287. The fraction of sp³-hybridized carbons (Fsp3) is 0.708. The van der Waals surface area contributed by atoms with E-state index in [2.05, 4.69) is 25.7 Å². The smallest absolute Gasteiger partial charge is 0.162 e. The number of carbonyl (C=O) groups is 1. The van der Waals surface area contributed by atoms with Crippen LogP contribution in [0.2, 0.25) is 0 Å². The lowest BCUT2D eigenvalue weighted by molar-refractivity contribution is 0.0282. The maximum Gasteiger partial charge on any atom is 0.162 e. The molecular weight excluding hydrogens is 337 g/mol. The molecule has 0 atom stereocenters. The summed E-state index contributed by atoms with van der Waals surface area (Å²) in [5.74, 6) is 0.730. The number of hydrogen-bond acceptors (Lipinski definition) is 2. The van der Waals surface area contributed by atoms with Crippen LogP contribution >= 0.6 is 0 Å². The summed E-state index contributed by atoms with van der Waals surface area (Å²) < 4.78 is 13.0. The van der Waals surface area contributed by atoms with Crippen LogP contribution in [0.4, 0.5) is 4.39 Å². The molecular formula is C24H36FNO. The van der Waals surface area contributed by atoms with Gasteiger partial charge in [-0.1, -0.05) is 20.8 Å². The standard InChI is InChI=1S/C24H36FNO/c1-23(2,3)20-10-12-24(13-11-20)14-17-26(18-15-24)16-4-5-22(27)19-6-8-21(25)9-7-19/h6-9,20H,4-5,10-18H2,1-3H3. The van der Waals surface area contributed by atoms with E-state index in [1.165, 1.54) is 63.7 Å². The number of rotatable bonds is 5. The Labute approximate surface area is 164 Å². The number of likely N-dealkylation sites (tertiary alicyclic amines) is 1. The minimum Gasteiger partial charge on any atom is -0.303 e. The molecule has 3 heteroatoms. The van der Waals surface area contributed by atoms with Gasteiger partial charge in [0.25, 0.3) is 0 Å². The molecule has 0 radical (unpaired) electrons. The largest absolute Gasteiger partial charge is 0.303 e. The monoisotopic (exact) mass is 373 g/mol. The van der Waals surface area contributed by atoms with Crippen molar-refractivity contribution in [1.29, 1.82) is 0 Å². The second-order valence-electron chi connectivity index (χ2n) is 10.0. The Bertz CT molecular complexity index is 613. The first-order valence-electron chi connectivity index (χ1n) is 10.8. The van der Waals surface area contributed by atoms with E-state index in [9.17, 15) is 9.18 Å². The molecule has 2 fully saturated rings. The molecule has 150 valence electrons. The third-order valence-electron chi connectivity index (χ3n) is 7.23. The van der Waals surface area contributed by atoms with Crippen molar-refractivity contribution in [3.63, 3.8) is 0 Å². The van der Waals surface area contributed by atoms with Crippen molar-refractivity contribution in [3.05, 3.63) is 35.6 Å². The van der Waals surface area contributed by atoms with Crippen LogP contribution in [-0.2, 0) is 0 Å². The second-order valence-corrected chi connectivity index (χ2v) is 10.0. The molecule has 1 heterocycles. The van der Waals surface area contributed by atoms with Crippen molar-refractivity contribution in [2.75, 3.05) is 19.6 Å².